The maximum atomic E-state index is 6.09. The van der Waals surface area contributed by atoms with E-state index >= 15 is 0 Å². The van der Waals surface area contributed by atoms with Crippen molar-refractivity contribution in [1.82, 2.24) is 24.9 Å². The van der Waals surface area contributed by atoms with Crippen LogP contribution in [0.4, 0.5) is 5.95 Å². The molecule has 148 valence electrons. The van der Waals surface area contributed by atoms with Crippen LogP contribution in [0.5, 0.6) is 0 Å². The smallest absolute Gasteiger partial charge is 0.220 e. The summed E-state index contributed by atoms with van der Waals surface area (Å²) in [5.41, 5.74) is 8.96. The van der Waals surface area contributed by atoms with Gasteiger partial charge in [0.2, 0.25) is 5.95 Å². The van der Waals surface area contributed by atoms with Crippen LogP contribution in [0.15, 0.2) is 53.5 Å². The van der Waals surface area contributed by atoms with Gasteiger partial charge in [0.25, 0.3) is 0 Å². The van der Waals surface area contributed by atoms with Gasteiger partial charge in [0.1, 0.15) is 18.0 Å². The van der Waals surface area contributed by atoms with Crippen molar-refractivity contribution in [2.24, 2.45) is 0 Å². The quantitative estimate of drug-likeness (QED) is 0.427. The Bertz CT molecular complexity index is 1150. The molecule has 0 amide bonds. The van der Waals surface area contributed by atoms with E-state index in [-0.39, 0.29) is 12.7 Å². The molecule has 0 aliphatic rings. The molecule has 8 nitrogen and oxygen atoms in total. The Morgan fingerprint density at radius 3 is 2.76 bits per heavy atom. The van der Waals surface area contributed by atoms with E-state index in [2.05, 4.69) is 40.8 Å². The number of rotatable bonds is 6. The number of fused-ring (bicyclic) bond motifs is 1. The molecule has 0 aliphatic heterocycles. The number of hydrogen-bond donors (Lipinski definition) is 2. The number of nitrogens with one attached hydrogen (secondary N) is 1. The Labute approximate surface area is 175 Å². The molecular formula is C20H19BrN6O2. The Morgan fingerprint density at radius 1 is 1.21 bits per heavy atom. The van der Waals surface area contributed by atoms with E-state index in [9.17, 15) is 0 Å². The van der Waals surface area contributed by atoms with Crippen molar-refractivity contribution in [2.45, 2.75) is 12.5 Å². The molecule has 0 saturated heterocycles. The summed E-state index contributed by atoms with van der Waals surface area (Å²) in [5.74, 6) is 0.149. The number of H-pyrrole nitrogens is 1. The zero-order chi connectivity index (χ0) is 20.4. The molecule has 4 rings (SSSR count). The minimum Gasteiger partial charge on any atom is -0.368 e. The number of pyridine rings is 2. The Morgan fingerprint density at radius 2 is 2.00 bits per heavy atom. The van der Waals surface area contributed by atoms with Gasteiger partial charge in [-0.25, -0.2) is 15.0 Å². The topological polar surface area (TPSA) is 112 Å². The van der Waals surface area contributed by atoms with E-state index in [1.165, 1.54) is 0 Å². The molecule has 0 bridgehead atoms. The lowest BCUT2D eigenvalue weighted by atomic mass is 9.92. The number of methoxy groups -OCH3 is 1. The Balaban J connectivity index is 1.88. The molecule has 1 unspecified atom stereocenters. The average Bonchev–Trinajstić information content (AvgIpc) is 3.15. The molecule has 4 aromatic heterocycles. The molecule has 0 aromatic carbocycles. The third kappa shape index (κ3) is 3.71. The number of nitrogen functional groups attached to an aromatic ring is 1. The van der Waals surface area contributed by atoms with Gasteiger partial charge in [-0.1, -0.05) is 0 Å². The number of nitrogens with two attached hydrogens (primary N) is 1. The highest BCUT2D eigenvalue weighted by molar-refractivity contribution is 9.10. The van der Waals surface area contributed by atoms with E-state index in [1.54, 1.807) is 25.7 Å². The molecule has 9 heteroatoms. The number of ether oxygens (including phenoxy) is 2. The van der Waals surface area contributed by atoms with E-state index in [1.807, 2.05) is 37.4 Å². The zero-order valence-corrected chi connectivity index (χ0v) is 17.5. The highest BCUT2D eigenvalue weighted by Crippen LogP contribution is 2.35. The number of halogens is 1. The second-order valence-corrected chi connectivity index (χ2v) is 7.48. The minimum atomic E-state index is -0.907. The van der Waals surface area contributed by atoms with Gasteiger partial charge in [0.05, 0.1) is 11.4 Å². The number of anilines is 1. The highest BCUT2D eigenvalue weighted by Gasteiger charge is 2.33. The third-order valence-electron chi connectivity index (χ3n) is 4.70. The molecule has 0 spiro atoms. The third-order valence-corrected chi connectivity index (χ3v) is 5.14. The summed E-state index contributed by atoms with van der Waals surface area (Å²) in [6, 6.07) is 7.60. The summed E-state index contributed by atoms with van der Waals surface area (Å²) >= 11 is 3.47. The molecule has 0 fully saturated rings. The normalized spacial score (nSPS) is 13.5. The van der Waals surface area contributed by atoms with Gasteiger partial charge >= 0.3 is 0 Å². The summed E-state index contributed by atoms with van der Waals surface area (Å²) in [7, 11) is 1.57. The summed E-state index contributed by atoms with van der Waals surface area (Å²) in [5, 5.41) is 0.923. The van der Waals surface area contributed by atoms with Crippen LogP contribution in [-0.2, 0) is 15.1 Å². The molecule has 4 heterocycles. The fourth-order valence-electron chi connectivity index (χ4n) is 3.19. The van der Waals surface area contributed by atoms with Crippen molar-refractivity contribution in [3.63, 3.8) is 0 Å². The van der Waals surface area contributed by atoms with Crippen LogP contribution in [0.2, 0.25) is 0 Å². The van der Waals surface area contributed by atoms with Crippen LogP contribution in [0.1, 0.15) is 18.2 Å². The highest BCUT2D eigenvalue weighted by atomic mass is 79.9. The van der Waals surface area contributed by atoms with Gasteiger partial charge in [-0.2, -0.15) is 0 Å². The van der Waals surface area contributed by atoms with Crippen molar-refractivity contribution in [3.05, 3.63) is 64.8 Å². The Kier molecular flexibility index (Phi) is 5.27. The van der Waals surface area contributed by atoms with E-state index in [0.717, 1.165) is 26.6 Å². The largest absolute Gasteiger partial charge is 0.368 e. The van der Waals surface area contributed by atoms with Crippen molar-refractivity contribution < 1.29 is 9.47 Å². The molecule has 0 saturated carbocycles. The van der Waals surface area contributed by atoms with Gasteiger partial charge in [0.15, 0.2) is 0 Å². The first kappa shape index (κ1) is 19.4. The second kappa shape index (κ2) is 7.86. The molecule has 0 radical (unpaired) electrons. The molecular weight excluding hydrogens is 436 g/mol. The summed E-state index contributed by atoms with van der Waals surface area (Å²) in [6.07, 6.45) is 7.01. The predicted octanol–water partition coefficient (Wildman–Crippen LogP) is 3.64. The Hall–Kier alpha value is -2.88. The minimum absolute atomic E-state index is 0.0853. The van der Waals surface area contributed by atoms with Crippen LogP contribution < -0.4 is 5.73 Å². The van der Waals surface area contributed by atoms with Crippen LogP contribution in [0.25, 0.3) is 22.3 Å². The number of aromatic amines is 1. The fourth-order valence-corrected chi connectivity index (χ4v) is 3.52. The van der Waals surface area contributed by atoms with Crippen molar-refractivity contribution in [1.29, 1.82) is 0 Å². The van der Waals surface area contributed by atoms with Crippen LogP contribution in [-0.4, -0.2) is 38.8 Å². The molecule has 3 N–H and O–H groups in total. The number of hydrogen-bond acceptors (Lipinski definition) is 7. The van der Waals surface area contributed by atoms with Gasteiger partial charge in [-0.3, -0.25) is 4.98 Å². The first-order chi connectivity index (χ1) is 14.0. The first-order valence-corrected chi connectivity index (χ1v) is 9.62. The van der Waals surface area contributed by atoms with Crippen molar-refractivity contribution in [3.8, 4) is 11.3 Å². The lowest BCUT2D eigenvalue weighted by Gasteiger charge is -2.29. The van der Waals surface area contributed by atoms with Gasteiger partial charge < -0.3 is 20.2 Å². The number of aromatic nitrogens is 5. The summed E-state index contributed by atoms with van der Waals surface area (Å²) in [4.78, 5) is 20.6. The van der Waals surface area contributed by atoms with Crippen LogP contribution in [0, 0.1) is 0 Å². The average molecular weight is 455 g/mol. The number of nitrogens with zero attached hydrogens (tertiary/aromatic N) is 4. The predicted molar refractivity (Wildman–Crippen MR) is 113 cm³/mol. The maximum Gasteiger partial charge on any atom is 0.220 e. The lowest BCUT2D eigenvalue weighted by molar-refractivity contribution is -0.109. The SMILES string of the molecule is COCOC(C)(c1ccncc1)c1cc(-c2c[nH]c3ncc(Br)cc23)nc(N)n1. The summed E-state index contributed by atoms with van der Waals surface area (Å²) < 4.78 is 12.1. The molecule has 1 atom stereocenters. The zero-order valence-electron chi connectivity index (χ0n) is 15.9. The standard InChI is InChI=1S/C20H19BrN6O2/c1-20(29-11-28-2,12-3-5-23-6-4-12)17-8-16(26-19(22)27-17)15-10-25-18-14(15)7-13(21)9-24-18/h3-10H,11H2,1-2H3,(H,24,25)(H2,22,26,27). The molecule has 29 heavy (non-hydrogen) atoms. The summed E-state index contributed by atoms with van der Waals surface area (Å²) in [6.45, 7) is 2.00. The maximum absolute atomic E-state index is 6.09. The van der Waals surface area contributed by atoms with E-state index < -0.39 is 5.60 Å². The van der Waals surface area contributed by atoms with Crippen LogP contribution >= 0.6 is 15.9 Å². The molecule has 0 aliphatic carbocycles. The van der Waals surface area contributed by atoms with Crippen LogP contribution in [0.3, 0.4) is 0 Å². The van der Waals surface area contributed by atoms with Crippen molar-refractivity contribution >= 4 is 32.9 Å². The van der Waals surface area contributed by atoms with Gasteiger partial charge in [0, 0.05) is 47.3 Å². The molecule has 4 aromatic rings. The first-order valence-electron chi connectivity index (χ1n) is 8.82. The van der Waals surface area contributed by atoms with E-state index in [0.29, 0.717) is 11.4 Å². The van der Waals surface area contributed by atoms with Crippen molar-refractivity contribution in [2.75, 3.05) is 19.6 Å². The monoisotopic (exact) mass is 454 g/mol. The second-order valence-electron chi connectivity index (χ2n) is 6.57. The van der Waals surface area contributed by atoms with E-state index in [4.69, 9.17) is 15.2 Å². The fraction of sp³-hybridized carbons (Fsp3) is 0.200. The lowest BCUT2D eigenvalue weighted by Crippen LogP contribution is -2.30. The van der Waals surface area contributed by atoms with Gasteiger partial charge in [-0.05, 0) is 52.7 Å². The van der Waals surface area contributed by atoms with Gasteiger partial charge in [-0.15, -0.1) is 0 Å².